The van der Waals surface area contributed by atoms with E-state index in [1.165, 1.54) is 0 Å². The Balaban J connectivity index is 1.74. The fraction of sp³-hybridized carbons (Fsp3) is 0.562. The lowest BCUT2D eigenvalue weighted by Crippen LogP contribution is -2.30. The summed E-state index contributed by atoms with van der Waals surface area (Å²) in [7, 11) is 0. The minimum Gasteiger partial charge on any atom is -0.381 e. The molecular weight excluding hydrogens is 288 g/mol. The van der Waals surface area contributed by atoms with Crippen LogP contribution in [0.2, 0.25) is 5.02 Å². The van der Waals surface area contributed by atoms with Gasteiger partial charge in [-0.1, -0.05) is 17.7 Å². The SMILES string of the molecule is Cc1cc(C)c(NC(=O)NCCCC2CCOC2)c(Cl)c1. The third-order valence-electron chi connectivity index (χ3n) is 3.77. The monoisotopic (exact) mass is 310 g/mol. The van der Waals surface area contributed by atoms with Crippen LogP contribution in [0.4, 0.5) is 10.5 Å². The van der Waals surface area contributed by atoms with Gasteiger partial charge in [-0.15, -0.1) is 0 Å². The molecule has 5 heteroatoms. The van der Waals surface area contributed by atoms with Gasteiger partial charge >= 0.3 is 6.03 Å². The Bertz CT molecular complexity index is 476. The highest BCUT2D eigenvalue weighted by molar-refractivity contribution is 6.34. The van der Waals surface area contributed by atoms with E-state index in [2.05, 4.69) is 10.6 Å². The molecule has 1 unspecified atom stereocenters. The summed E-state index contributed by atoms with van der Waals surface area (Å²) in [5.41, 5.74) is 2.74. The Hall–Kier alpha value is -1.26. The number of nitrogens with one attached hydrogen (secondary N) is 2. The van der Waals surface area contributed by atoms with E-state index in [0.717, 1.165) is 43.6 Å². The number of carbonyl (C=O) groups is 1. The van der Waals surface area contributed by atoms with Crippen molar-refractivity contribution in [2.75, 3.05) is 25.1 Å². The summed E-state index contributed by atoms with van der Waals surface area (Å²) in [5, 5.41) is 6.28. The highest BCUT2D eigenvalue weighted by Crippen LogP contribution is 2.27. The number of amides is 2. The molecule has 1 aliphatic heterocycles. The first kappa shape index (κ1) is 16.1. The van der Waals surface area contributed by atoms with E-state index < -0.39 is 0 Å². The van der Waals surface area contributed by atoms with Crippen LogP contribution in [0.1, 0.15) is 30.4 Å². The number of urea groups is 1. The molecule has 0 spiro atoms. The lowest BCUT2D eigenvalue weighted by atomic mass is 10.0. The molecule has 2 N–H and O–H groups in total. The Labute approximate surface area is 131 Å². The van der Waals surface area contributed by atoms with Gasteiger partial charge in [0.2, 0.25) is 0 Å². The van der Waals surface area contributed by atoms with E-state index in [0.29, 0.717) is 23.2 Å². The maximum absolute atomic E-state index is 11.9. The van der Waals surface area contributed by atoms with Crippen LogP contribution in [0.15, 0.2) is 12.1 Å². The van der Waals surface area contributed by atoms with E-state index in [9.17, 15) is 4.79 Å². The standard InChI is InChI=1S/C16H23ClN2O2/c1-11-8-12(2)15(14(17)9-11)19-16(20)18-6-3-4-13-5-7-21-10-13/h8-9,13H,3-7,10H2,1-2H3,(H2,18,19,20). The number of halogens is 1. The Kier molecular flexibility index (Phi) is 5.88. The number of anilines is 1. The van der Waals surface area contributed by atoms with Gasteiger partial charge in [0.25, 0.3) is 0 Å². The van der Waals surface area contributed by atoms with E-state index in [4.69, 9.17) is 16.3 Å². The van der Waals surface area contributed by atoms with E-state index in [1.54, 1.807) is 0 Å². The predicted molar refractivity (Wildman–Crippen MR) is 86.1 cm³/mol. The summed E-state index contributed by atoms with van der Waals surface area (Å²) in [5.74, 6) is 0.656. The van der Waals surface area contributed by atoms with Crippen LogP contribution in [0.25, 0.3) is 0 Å². The summed E-state index contributed by atoms with van der Waals surface area (Å²) in [6.45, 7) is 6.34. The topological polar surface area (TPSA) is 50.4 Å². The number of hydrogen-bond donors (Lipinski definition) is 2. The average Bonchev–Trinajstić information content (AvgIpc) is 2.92. The van der Waals surface area contributed by atoms with Crippen molar-refractivity contribution in [3.8, 4) is 0 Å². The molecule has 0 bridgehead atoms. The second-order valence-electron chi connectivity index (χ2n) is 5.69. The van der Waals surface area contributed by atoms with Gasteiger partial charge in [-0.25, -0.2) is 4.79 Å². The van der Waals surface area contributed by atoms with Crippen LogP contribution in [0.3, 0.4) is 0 Å². The molecule has 0 aliphatic carbocycles. The van der Waals surface area contributed by atoms with Crippen molar-refractivity contribution in [1.29, 1.82) is 0 Å². The normalized spacial score (nSPS) is 17.8. The van der Waals surface area contributed by atoms with Gasteiger partial charge in [-0.05, 0) is 56.2 Å². The zero-order chi connectivity index (χ0) is 15.2. The molecule has 1 heterocycles. The van der Waals surface area contributed by atoms with Crippen LogP contribution in [-0.2, 0) is 4.74 Å². The van der Waals surface area contributed by atoms with Crippen molar-refractivity contribution >= 4 is 23.3 Å². The zero-order valence-electron chi connectivity index (χ0n) is 12.7. The lowest BCUT2D eigenvalue weighted by molar-refractivity contribution is 0.184. The van der Waals surface area contributed by atoms with Gasteiger partial charge in [0, 0.05) is 19.8 Å². The average molecular weight is 311 g/mol. The first-order valence-electron chi connectivity index (χ1n) is 7.45. The van der Waals surface area contributed by atoms with Crippen molar-refractivity contribution in [1.82, 2.24) is 5.32 Å². The molecule has 0 saturated carbocycles. The molecule has 2 amide bonds. The largest absolute Gasteiger partial charge is 0.381 e. The molecule has 2 rings (SSSR count). The minimum absolute atomic E-state index is 0.202. The fourth-order valence-electron chi connectivity index (χ4n) is 2.64. The second-order valence-corrected chi connectivity index (χ2v) is 6.10. The highest BCUT2D eigenvalue weighted by Gasteiger charge is 2.15. The van der Waals surface area contributed by atoms with Gasteiger partial charge in [-0.3, -0.25) is 0 Å². The third kappa shape index (κ3) is 4.90. The molecule has 1 fully saturated rings. The third-order valence-corrected chi connectivity index (χ3v) is 4.07. The molecule has 0 radical (unpaired) electrons. The summed E-state index contributed by atoms with van der Waals surface area (Å²) in [6.07, 6.45) is 3.22. The predicted octanol–water partition coefficient (Wildman–Crippen LogP) is 3.90. The molecule has 1 atom stereocenters. The lowest BCUT2D eigenvalue weighted by Gasteiger charge is -2.13. The Morgan fingerprint density at radius 2 is 2.24 bits per heavy atom. The molecule has 1 aromatic rings. The van der Waals surface area contributed by atoms with Crippen LogP contribution in [0.5, 0.6) is 0 Å². The van der Waals surface area contributed by atoms with E-state index in [-0.39, 0.29) is 6.03 Å². The Morgan fingerprint density at radius 1 is 1.43 bits per heavy atom. The molecule has 21 heavy (non-hydrogen) atoms. The number of carbonyl (C=O) groups excluding carboxylic acids is 1. The van der Waals surface area contributed by atoms with Crippen molar-refractivity contribution < 1.29 is 9.53 Å². The van der Waals surface area contributed by atoms with Crippen LogP contribution < -0.4 is 10.6 Å². The minimum atomic E-state index is -0.202. The van der Waals surface area contributed by atoms with Crippen molar-refractivity contribution in [3.63, 3.8) is 0 Å². The van der Waals surface area contributed by atoms with E-state index >= 15 is 0 Å². The van der Waals surface area contributed by atoms with Gasteiger partial charge in [0.05, 0.1) is 10.7 Å². The summed E-state index contributed by atoms with van der Waals surface area (Å²) < 4.78 is 5.34. The Morgan fingerprint density at radius 3 is 2.90 bits per heavy atom. The number of rotatable bonds is 5. The van der Waals surface area contributed by atoms with Crippen LogP contribution in [-0.4, -0.2) is 25.8 Å². The number of benzene rings is 1. The van der Waals surface area contributed by atoms with E-state index in [1.807, 2.05) is 26.0 Å². The highest BCUT2D eigenvalue weighted by atomic mass is 35.5. The van der Waals surface area contributed by atoms with Gasteiger partial charge in [0.15, 0.2) is 0 Å². The summed E-state index contributed by atoms with van der Waals surface area (Å²) in [4.78, 5) is 11.9. The first-order chi connectivity index (χ1) is 10.1. The van der Waals surface area contributed by atoms with Gasteiger partial charge < -0.3 is 15.4 Å². The number of hydrogen-bond acceptors (Lipinski definition) is 2. The van der Waals surface area contributed by atoms with Crippen molar-refractivity contribution in [3.05, 3.63) is 28.3 Å². The van der Waals surface area contributed by atoms with Gasteiger partial charge in [0.1, 0.15) is 0 Å². The number of ether oxygens (including phenoxy) is 1. The van der Waals surface area contributed by atoms with Crippen molar-refractivity contribution in [2.24, 2.45) is 5.92 Å². The molecule has 1 aromatic carbocycles. The summed E-state index contributed by atoms with van der Waals surface area (Å²) in [6, 6.07) is 3.65. The number of aryl methyl sites for hydroxylation is 2. The maximum atomic E-state index is 11.9. The molecule has 116 valence electrons. The molecule has 4 nitrogen and oxygen atoms in total. The second kappa shape index (κ2) is 7.66. The van der Waals surface area contributed by atoms with Crippen LogP contribution in [0, 0.1) is 19.8 Å². The fourth-order valence-corrected chi connectivity index (χ4v) is 3.00. The molecule has 0 aromatic heterocycles. The molecule has 1 aliphatic rings. The van der Waals surface area contributed by atoms with Crippen LogP contribution >= 0.6 is 11.6 Å². The molecule has 1 saturated heterocycles. The maximum Gasteiger partial charge on any atom is 0.319 e. The quantitative estimate of drug-likeness (QED) is 0.810. The van der Waals surface area contributed by atoms with Gasteiger partial charge in [-0.2, -0.15) is 0 Å². The van der Waals surface area contributed by atoms with Crippen molar-refractivity contribution in [2.45, 2.75) is 33.1 Å². The zero-order valence-corrected chi connectivity index (χ0v) is 13.4. The first-order valence-corrected chi connectivity index (χ1v) is 7.83. The summed E-state index contributed by atoms with van der Waals surface area (Å²) >= 11 is 6.17. The molecular formula is C16H23ClN2O2. The smallest absolute Gasteiger partial charge is 0.319 e.